The first-order valence-electron chi connectivity index (χ1n) is 8.74. The van der Waals surface area contributed by atoms with Gasteiger partial charge in [-0.05, 0) is 30.0 Å². The van der Waals surface area contributed by atoms with Crippen molar-refractivity contribution < 1.29 is 0 Å². The summed E-state index contributed by atoms with van der Waals surface area (Å²) in [5, 5.41) is 5.14. The molecule has 2 aromatic carbocycles. The van der Waals surface area contributed by atoms with Gasteiger partial charge in [0.25, 0.3) is 0 Å². The first-order chi connectivity index (χ1) is 11.4. The van der Waals surface area contributed by atoms with E-state index in [1.54, 1.807) is 0 Å². The maximum atomic E-state index is 3.75. The van der Waals surface area contributed by atoms with E-state index in [0.29, 0.717) is 6.04 Å². The molecule has 1 heterocycles. The molecule has 3 aromatic rings. The van der Waals surface area contributed by atoms with Crippen LogP contribution >= 0.6 is 0 Å². The Morgan fingerprint density at radius 1 is 0.913 bits per heavy atom. The van der Waals surface area contributed by atoms with Crippen molar-refractivity contribution in [2.24, 2.45) is 0 Å². The van der Waals surface area contributed by atoms with Crippen molar-refractivity contribution in [2.75, 3.05) is 0 Å². The number of para-hydroxylation sites is 1. The number of aromatic nitrogens is 1. The van der Waals surface area contributed by atoms with Gasteiger partial charge in [-0.15, -0.1) is 0 Å². The van der Waals surface area contributed by atoms with Gasteiger partial charge in [0.05, 0.1) is 0 Å². The number of benzene rings is 2. The Hall–Kier alpha value is -2.06. The van der Waals surface area contributed by atoms with Gasteiger partial charge < -0.3 is 9.88 Å². The van der Waals surface area contributed by atoms with Gasteiger partial charge in [-0.1, -0.05) is 61.4 Å². The number of nitrogens with zero attached hydrogens (tertiary/aromatic N) is 1. The predicted octanol–water partition coefficient (Wildman–Crippen LogP) is 4.72. The van der Waals surface area contributed by atoms with E-state index in [1.807, 2.05) is 0 Å². The lowest BCUT2D eigenvalue weighted by Crippen LogP contribution is -2.25. The van der Waals surface area contributed by atoms with Crippen LogP contribution < -0.4 is 5.32 Å². The van der Waals surface area contributed by atoms with E-state index in [-0.39, 0.29) is 0 Å². The fourth-order valence-corrected chi connectivity index (χ4v) is 3.76. The number of fused-ring (bicyclic) bond motifs is 1. The lowest BCUT2D eigenvalue weighted by Gasteiger charge is -2.10. The largest absolute Gasteiger partial charge is 0.343 e. The molecular weight excluding hydrogens is 280 g/mol. The third-order valence-electron chi connectivity index (χ3n) is 5.00. The molecule has 2 heteroatoms. The second kappa shape index (κ2) is 6.59. The SMILES string of the molecule is c1ccc(Cn2cc(CNC3CCCC3)c3ccccc32)cc1. The minimum absolute atomic E-state index is 0.714. The van der Waals surface area contributed by atoms with Gasteiger partial charge >= 0.3 is 0 Å². The Balaban J connectivity index is 1.60. The van der Waals surface area contributed by atoms with Crippen LogP contribution in [0.3, 0.4) is 0 Å². The number of rotatable bonds is 5. The van der Waals surface area contributed by atoms with Crippen LogP contribution in [0.1, 0.15) is 36.8 Å². The van der Waals surface area contributed by atoms with Crippen LogP contribution in [0.4, 0.5) is 0 Å². The topological polar surface area (TPSA) is 17.0 Å². The van der Waals surface area contributed by atoms with Gasteiger partial charge in [0.2, 0.25) is 0 Å². The molecule has 2 nitrogen and oxygen atoms in total. The first kappa shape index (κ1) is 14.5. The summed E-state index contributed by atoms with van der Waals surface area (Å²) in [7, 11) is 0. The summed E-state index contributed by atoms with van der Waals surface area (Å²) in [6, 6.07) is 20.2. The summed E-state index contributed by atoms with van der Waals surface area (Å²) in [6.07, 6.45) is 7.77. The monoisotopic (exact) mass is 304 g/mol. The van der Waals surface area contributed by atoms with Crippen LogP contribution in [0.15, 0.2) is 60.8 Å². The highest BCUT2D eigenvalue weighted by atomic mass is 15.0. The van der Waals surface area contributed by atoms with Gasteiger partial charge in [0, 0.05) is 36.2 Å². The van der Waals surface area contributed by atoms with Crippen molar-refractivity contribution in [3.63, 3.8) is 0 Å². The van der Waals surface area contributed by atoms with Crippen LogP contribution in [0.25, 0.3) is 10.9 Å². The molecule has 23 heavy (non-hydrogen) atoms. The lowest BCUT2D eigenvalue weighted by molar-refractivity contribution is 0.525. The van der Waals surface area contributed by atoms with E-state index < -0.39 is 0 Å². The van der Waals surface area contributed by atoms with Crippen molar-refractivity contribution >= 4 is 10.9 Å². The van der Waals surface area contributed by atoms with Gasteiger partial charge in [-0.3, -0.25) is 0 Å². The van der Waals surface area contributed by atoms with E-state index in [9.17, 15) is 0 Å². The Bertz CT molecular complexity index is 767. The Morgan fingerprint density at radius 3 is 2.48 bits per heavy atom. The summed E-state index contributed by atoms with van der Waals surface area (Å²) in [5.74, 6) is 0. The molecule has 4 rings (SSSR count). The number of hydrogen-bond acceptors (Lipinski definition) is 1. The van der Waals surface area contributed by atoms with E-state index in [1.165, 1.54) is 47.7 Å². The molecule has 0 bridgehead atoms. The molecule has 0 amide bonds. The molecule has 118 valence electrons. The van der Waals surface area contributed by atoms with Crippen molar-refractivity contribution in [3.05, 3.63) is 71.9 Å². The Morgan fingerprint density at radius 2 is 1.65 bits per heavy atom. The molecule has 0 saturated heterocycles. The molecule has 1 aliphatic rings. The fourth-order valence-electron chi connectivity index (χ4n) is 3.76. The summed E-state index contributed by atoms with van der Waals surface area (Å²) in [5.41, 5.74) is 4.10. The maximum Gasteiger partial charge on any atom is 0.0486 e. The number of nitrogens with one attached hydrogen (secondary N) is 1. The van der Waals surface area contributed by atoms with Crippen molar-refractivity contribution in [1.29, 1.82) is 0 Å². The zero-order valence-corrected chi connectivity index (χ0v) is 13.5. The first-order valence-corrected chi connectivity index (χ1v) is 8.74. The molecule has 0 atom stereocenters. The Labute approximate surface area is 138 Å². The van der Waals surface area contributed by atoms with E-state index >= 15 is 0 Å². The lowest BCUT2D eigenvalue weighted by atomic mass is 10.1. The van der Waals surface area contributed by atoms with Gasteiger partial charge in [0.15, 0.2) is 0 Å². The second-order valence-electron chi connectivity index (χ2n) is 6.65. The van der Waals surface area contributed by atoms with Crippen molar-refractivity contribution in [2.45, 2.75) is 44.8 Å². The summed E-state index contributed by atoms with van der Waals surface area (Å²) >= 11 is 0. The highest BCUT2D eigenvalue weighted by molar-refractivity contribution is 5.84. The summed E-state index contributed by atoms with van der Waals surface area (Å²) in [4.78, 5) is 0. The molecular formula is C21H24N2. The standard InChI is InChI=1S/C21H24N2/c1-2-8-17(9-3-1)15-23-16-18(14-22-19-10-4-5-11-19)20-12-6-7-13-21(20)23/h1-3,6-9,12-13,16,19,22H,4-5,10-11,14-15H2. The van der Waals surface area contributed by atoms with Crippen molar-refractivity contribution in [3.8, 4) is 0 Å². The molecule has 0 radical (unpaired) electrons. The summed E-state index contributed by atoms with van der Waals surface area (Å²) < 4.78 is 2.39. The molecule has 1 saturated carbocycles. The smallest absolute Gasteiger partial charge is 0.0486 e. The normalized spacial score (nSPS) is 15.5. The maximum absolute atomic E-state index is 3.75. The molecule has 1 aromatic heterocycles. The van der Waals surface area contributed by atoms with E-state index in [2.05, 4.69) is 70.7 Å². The van der Waals surface area contributed by atoms with Crippen LogP contribution in [-0.4, -0.2) is 10.6 Å². The van der Waals surface area contributed by atoms with E-state index in [4.69, 9.17) is 0 Å². The van der Waals surface area contributed by atoms with Crippen LogP contribution in [0, 0.1) is 0 Å². The fraction of sp³-hybridized carbons (Fsp3) is 0.333. The van der Waals surface area contributed by atoms with E-state index in [0.717, 1.165) is 13.1 Å². The quantitative estimate of drug-likeness (QED) is 0.721. The van der Waals surface area contributed by atoms with Gasteiger partial charge in [-0.25, -0.2) is 0 Å². The minimum Gasteiger partial charge on any atom is -0.343 e. The van der Waals surface area contributed by atoms with Crippen molar-refractivity contribution in [1.82, 2.24) is 9.88 Å². The van der Waals surface area contributed by atoms with Crippen LogP contribution in [0.5, 0.6) is 0 Å². The molecule has 1 fully saturated rings. The van der Waals surface area contributed by atoms with Gasteiger partial charge in [0.1, 0.15) is 0 Å². The van der Waals surface area contributed by atoms with Gasteiger partial charge in [-0.2, -0.15) is 0 Å². The molecule has 1 aliphatic carbocycles. The zero-order valence-electron chi connectivity index (χ0n) is 13.5. The predicted molar refractivity (Wildman–Crippen MR) is 96.6 cm³/mol. The molecule has 1 N–H and O–H groups in total. The average Bonchev–Trinajstić information content (AvgIpc) is 3.23. The Kier molecular flexibility index (Phi) is 4.16. The second-order valence-corrected chi connectivity index (χ2v) is 6.65. The highest BCUT2D eigenvalue weighted by Gasteiger charge is 2.15. The molecule has 0 unspecified atom stereocenters. The number of hydrogen-bond donors (Lipinski definition) is 1. The molecule has 0 spiro atoms. The molecule has 0 aliphatic heterocycles. The third kappa shape index (κ3) is 3.18. The van der Waals surface area contributed by atoms with Crippen LogP contribution in [0.2, 0.25) is 0 Å². The highest BCUT2D eigenvalue weighted by Crippen LogP contribution is 2.24. The van der Waals surface area contributed by atoms with Crippen LogP contribution in [-0.2, 0) is 13.1 Å². The third-order valence-corrected chi connectivity index (χ3v) is 5.00. The zero-order chi connectivity index (χ0) is 15.5. The minimum atomic E-state index is 0.714. The average molecular weight is 304 g/mol. The summed E-state index contributed by atoms with van der Waals surface area (Å²) in [6.45, 7) is 1.91.